The molecular weight excluding hydrogens is 212 g/mol. The summed E-state index contributed by atoms with van der Waals surface area (Å²) in [4.78, 5) is 3.38. The van der Waals surface area contributed by atoms with E-state index >= 15 is 0 Å². The molecule has 4 nitrogen and oxygen atoms in total. The molecule has 0 radical (unpaired) electrons. The number of nitrogens with one attached hydrogen (secondary N) is 1. The van der Waals surface area contributed by atoms with Crippen molar-refractivity contribution in [3.63, 3.8) is 0 Å². The molecule has 4 heteroatoms. The number of rotatable bonds is 1. The second kappa shape index (κ2) is 3.38. The molecule has 1 aromatic carbocycles. The average Bonchev–Trinajstić information content (AvgIpc) is 2.81. The third kappa shape index (κ3) is 1.49. The fraction of sp³-hybridized carbons (Fsp3) is 0.154. The maximum atomic E-state index is 5.92. The Hall–Kier alpha value is -2.23. The van der Waals surface area contributed by atoms with Crippen molar-refractivity contribution < 1.29 is 0 Å². The van der Waals surface area contributed by atoms with Gasteiger partial charge in [-0.25, -0.2) is 0 Å². The van der Waals surface area contributed by atoms with Gasteiger partial charge in [0, 0.05) is 18.0 Å². The van der Waals surface area contributed by atoms with E-state index in [0.29, 0.717) is 5.69 Å². The molecule has 0 saturated heterocycles. The van der Waals surface area contributed by atoms with Crippen LogP contribution in [-0.2, 0) is 7.05 Å². The third-order valence-electron chi connectivity index (χ3n) is 3.00. The van der Waals surface area contributed by atoms with E-state index in [9.17, 15) is 0 Å². The largest absolute Gasteiger partial charge is 0.396 e. The molecule has 0 bridgehead atoms. The Morgan fingerprint density at radius 2 is 2.12 bits per heavy atom. The highest BCUT2D eigenvalue weighted by atomic mass is 15.3. The average molecular weight is 226 g/mol. The van der Waals surface area contributed by atoms with Crippen LogP contribution >= 0.6 is 0 Å². The van der Waals surface area contributed by atoms with Gasteiger partial charge in [-0.15, -0.1) is 0 Å². The van der Waals surface area contributed by atoms with Crippen molar-refractivity contribution in [1.29, 1.82) is 0 Å². The second-order valence-electron chi connectivity index (χ2n) is 4.35. The molecule has 0 aliphatic rings. The first kappa shape index (κ1) is 9.96. The van der Waals surface area contributed by atoms with E-state index in [1.807, 2.05) is 7.05 Å². The number of hydrogen-bond donors (Lipinski definition) is 2. The summed E-state index contributed by atoms with van der Waals surface area (Å²) in [5.74, 6) is 0. The number of aromatic amines is 1. The van der Waals surface area contributed by atoms with Crippen molar-refractivity contribution >= 4 is 16.6 Å². The van der Waals surface area contributed by atoms with E-state index in [1.165, 1.54) is 10.9 Å². The number of nitrogens with two attached hydrogens (primary N) is 1. The Kier molecular flexibility index (Phi) is 1.98. The van der Waals surface area contributed by atoms with Gasteiger partial charge in [-0.2, -0.15) is 5.10 Å². The summed E-state index contributed by atoms with van der Waals surface area (Å²) in [7, 11) is 1.89. The number of aryl methyl sites for hydroxylation is 2. The first-order valence-corrected chi connectivity index (χ1v) is 5.52. The molecule has 3 N–H and O–H groups in total. The Labute approximate surface area is 99.1 Å². The molecule has 0 amide bonds. The van der Waals surface area contributed by atoms with Crippen LogP contribution in [0.5, 0.6) is 0 Å². The topological polar surface area (TPSA) is 59.6 Å². The van der Waals surface area contributed by atoms with Gasteiger partial charge in [-0.3, -0.25) is 4.68 Å². The number of benzene rings is 1. The predicted molar refractivity (Wildman–Crippen MR) is 69.7 cm³/mol. The molecule has 0 aliphatic carbocycles. The highest BCUT2D eigenvalue weighted by Crippen LogP contribution is 2.28. The predicted octanol–water partition coefficient (Wildman–Crippen LogP) is 2.46. The van der Waals surface area contributed by atoms with E-state index < -0.39 is 0 Å². The van der Waals surface area contributed by atoms with E-state index in [1.54, 1.807) is 10.9 Å². The number of nitrogen functional groups attached to an aromatic ring is 1. The summed E-state index contributed by atoms with van der Waals surface area (Å²) in [5.41, 5.74) is 10.9. The van der Waals surface area contributed by atoms with Gasteiger partial charge in [0.15, 0.2) is 0 Å². The van der Waals surface area contributed by atoms with Crippen LogP contribution in [0, 0.1) is 6.92 Å². The lowest BCUT2D eigenvalue weighted by molar-refractivity contribution is 0.774. The zero-order chi connectivity index (χ0) is 12.0. The lowest BCUT2D eigenvalue weighted by atomic mass is 10.2. The summed E-state index contributed by atoms with van der Waals surface area (Å²) in [6, 6.07) is 8.44. The van der Waals surface area contributed by atoms with Crippen LogP contribution in [0.2, 0.25) is 0 Å². The van der Waals surface area contributed by atoms with Gasteiger partial charge in [0.1, 0.15) is 5.69 Å². The fourth-order valence-electron chi connectivity index (χ4n) is 2.15. The second-order valence-corrected chi connectivity index (χ2v) is 4.35. The van der Waals surface area contributed by atoms with Crippen LogP contribution in [0.15, 0.2) is 30.5 Å². The summed E-state index contributed by atoms with van der Waals surface area (Å²) in [6.45, 7) is 2.08. The van der Waals surface area contributed by atoms with E-state index in [4.69, 9.17) is 5.73 Å². The molecule has 0 unspecified atom stereocenters. The van der Waals surface area contributed by atoms with Gasteiger partial charge in [0.25, 0.3) is 0 Å². The van der Waals surface area contributed by atoms with Crippen molar-refractivity contribution in [3.05, 3.63) is 36.0 Å². The minimum absolute atomic E-state index is 0.691. The number of fused-ring (bicyclic) bond motifs is 1. The maximum absolute atomic E-state index is 5.92. The maximum Gasteiger partial charge on any atom is 0.107 e. The molecule has 2 aromatic heterocycles. The lowest BCUT2D eigenvalue weighted by Gasteiger charge is -1.99. The minimum Gasteiger partial charge on any atom is -0.396 e. The highest BCUT2D eigenvalue weighted by molar-refractivity contribution is 5.87. The van der Waals surface area contributed by atoms with Gasteiger partial charge >= 0.3 is 0 Å². The molecule has 17 heavy (non-hydrogen) atoms. The smallest absolute Gasteiger partial charge is 0.107 e. The molecular formula is C13H14N4. The van der Waals surface area contributed by atoms with Crippen LogP contribution in [-0.4, -0.2) is 14.8 Å². The zero-order valence-electron chi connectivity index (χ0n) is 9.86. The monoisotopic (exact) mass is 226 g/mol. The SMILES string of the molecule is Cc1ccc2cc(-c3c(N)cnn3C)[nH]c2c1. The van der Waals surface area contributed by atoms with Crippen LogP contribution in [0.3, 0.4) is 0 Å². The van der Waals surface area contributed by atoms with E-state index in [2.05, 4.69) is 41.3 Å². The van der Waals surface area contributed by atoms with Gasteiger partial charge in [0.05, 0.1) is 17.6 Å². The minimum atomic E-state index is 0.691. The summed E-state index contributed by atoms with van der Waals surface area (Å²) >= 11 is 0. The fourth-order valence-corrected chi connectivity index (χ4v) is 2.15. The first-order chi connectivity index (χ1) is 8.15. The summed E-state index contributed by atoms with van der Waals surface area (Å²) < 4.78 is 1.78. The number of hydrogen-bond acceptors (Lipinski definition) is 2. The van der Waals surface area contributed by atoms with Gasteiger partial charge in [-0.1, -0.05) is 12.1 Å². The van der Waals surface area contributed by atoms with E-state index in [0.717, 1.165) is 16.9 Å². The molecule has 0 fully saturated rings. The van der Waals surface area contributed by atoms with Crippen molar-refractivity contribution in [3.8, 4) is 11.4 Å². The lowest BCUT2D eigenvalue weighted by Crippen LogP contribution is -1.95. The van der Waals surface area contributed by atoms with Crippen LogP contribution in [0.25, 0.3) is 22.3 Å². The van der Waals surface area contributed by atoms with Crippen molar-refractivity contribution in [2.45, 2.75) is 6.92 Å². The molecule has 0 aliphatic heterocycles. The van der Waals surface area contributed by atoms with Crippen LogP contribution in [0.1, 0.15) is 5.56 Å². The number of anilines is 1. The summed E-state index contributed by atoms with van der Waals surface area (Å²) in [5, 5.41) is 5.34. The number of aromatic nitrogens is 3. The van der Waals surface area contributed by atoms with Crippen molar-refractivity contribution in [2.24, 2.45) is 7.05 Å². The Balaban J connectivity index is 2.25. The molecule has 3 rings (SSSR count). The quantitative estimate of drug-likeness (QED) is 0.669. The van der Waals surface area contributed by atoms with Gasteiger partial charge in [-0.05, 0) is 24.6 Å². The van der Waals surface area contributed by atoms with Crippen molar-refractivity contribution in [1.82, 2.24) is 14.8 Å². The third-order valence-corrected chi connectivity index (χ3v) is 3.00. The molecule has 0 atom stereocenters. The zero-order valence-corrected chi connectivity index (χ0v) is 9.86. The normalized spacial score (nSPS) is 11.2. The first-order valence-electron chi connectivity index (χ1n) is 5.52. The number of nitrogens with zero attached hydrogens (tertiary/aromatic N) is 2. The standard InChI is InChI=1S/C13H14N4/c1-8-3-4-9-6-12(16-11(9)5-8)13-10(14)7-15-17(13)2/h3-7,16H,14H2,1-2H3. The molecule has 2 heterocycles. The van der Waals surface area contributed by atoms with Gasteiger partial charge in [0.2, 0.25) is 0 Å². The highest BCUT2D eigenvalue weighted by Gasteiger charge is 2.10. The number of H-pyrrole nitrogens is 1. The van der Waals surface area contributed by atoms with Crippen LogP contribution in [0.4, 0.5) is 5.69 Å². The molecule has 0 spiro atoms. The van der Waals surface area contributed by atoms with Gasteiger partial charge < -0.3 is 10.7 Å². The summed E-state index contributed by atoms with van der Waals surface area (Å²) in [6.07, 6.45) is 1.67. The Morgan fingerprint density at radius 3 is 2.82 bits per heavy atom. The molecule has 86 valence electrons. The van der Waals surface area contributed by atoms with Crippen LogP contribution < -0.4 is 5.73 Å². The van der Waals surface area contributed by atoms with E-state index in [-0.39, 0.29) is 0 Å². The Bertz CT molecular complexity index is 671. The van der Waals surface area contributed by atoms with Crippen molar-refractivity contribution in [2.75, 3.05) is 5.73 Å². The Morgan fingerprint density at radius 1 is 1.29 bits per heavy atom. The molecule has 3 aromatic rings. The molecule has 0 saturated carbocycles.